The van der Waals surface area contributed by atoms with Crippen molar-refractivity contribution in [3.05, 3.63) is 63.8 Å². The smallest absolute Gasteiger partial charge is 0.261 e. The lowest BCUT2D eigenvalue weighted by Crippen LogP contribution is -2.34. The van der Waals surface area contributed by atoms with E-state index in [2.05, 4.69) is 23.0 Å². The highest BCUT2D eigenvalue weighted by molar-refractivity contribution is 7.98. The third kappa shape index (κ3) is 3.71. The average molecular weight is 396 g/mol. The maximum absolute atomic E-state index is 13.2. The number of thioether (sulfide) groups is 1. The summed E-state index contributed by atoms with van der Waals surface area (Å²) < 4.78 is 1.64. The third-order valence-corrected chi connectivity index (χ3v) is 6.35. The monoisotopic (exact) mass is 395 g/mol. The molecule has 28 heavy (non-hydrogen) atoms. The second-order valence-electron chi connectivity index (χ2n) is 7.56. The Morgan fingerprint density at radius 2 is 2.04 bits per heavy atom. The average Bonchev–Trinajstić information content (AvgIpc) is 2.71. The van der Waals surface area contributed by atoms with Crippen molar-refractivity contribution in [2.24, 2.45) is 0 Å². The van der Waals surface area contributed by atoms with Gasteiger partial charge >= 0.3 is 0 Å². The van der Waals surface area contributed by atoms with E-state index in [1.165, 1.54) is 0 Å². The first-order chi connectivity index (χ1) is 13.6. The van der Waals surface area contributed by atoms with Crippen LogP contribution in [0.1, 0.15) is 48.4 Å². The van der Waals surface area contributed by atoms with E-state index in [0.717, 1.165) is 53.8 Å². The molecular formula is C22H25N3O2S. The molecule has 4 rings (SSSR count). The quantitative estimate of drug-likeness (QED) is 0.679. The molecule has 1 aromatic carbocycles. The Balaban J connectivity index is 1.72. The number of pyridine rings is 1. The number of nitrogens with zero attached hydrogens (tertiary/aromatic N) is 3. The van der Waals surface area contributed by atoms with E-state index in [1.807, 2.05) is 30.7 Å². The van der Waals surface area contributed by atoms with E-state index in [4.69, 9.17) is 0 Å². The van der Waals surface area contributed by atoms with Crippen LogP contribution in [0.5, 0.6) is 0 Å². The predicted molar refractivity (Wildman–Crippen MR) is 113 cm³/mol. The fourth-order valence-electron chi connectivity index (χ4n) is 4.03. The molecule has 1 N–H and O–H groups in total. The molecular weight excluding hydrogens is 370 g/mol. The number of hydrogen-bond acceptors (Lipinski definition) is 5. The Bertz CT molecular complexity index is 1050. The van der Waals surface area contributed by atoms with Crippen LogP contribution in [0.4, 0.5) is 0 Å². The summed E-state index contributed by atoms with van der Waals surface area (Å²) in [7, 11) is 0. The minimum atomic E-state index is -0.475. The fraction of sp³-hybridized carbons (Fsp3) is 0.409. The number of aliphatic hydroxyl groups excluding tert-OH is 1. The zero-order valence-corrected chi connectivity index (χ0v) is 17.1. The first-order valence-electron chi connectivity index (χ1n) is 9.74. The van der Waals surface area contributed by atoms with Crippen molar-refractivity contribution in [3.63, 3.8) is 0 Å². The van der Waals surface area contributed by atoms with E-state index >= 15 is 0 Å². The summed E-state index contributed by atoms with van der Waals surface area (Å²) in [6.07, 6.45) is 9.37. The Morgan fingerprint density at radius 3 is 2.75 bits per heavy atom. The van der Waals surface area contributed by atoms with Crippen LogP contribution in [0.15, 0.2) is 46.6 Å². The van der Waals surface area contributed by atoms with Crippen LogP contribution in [0.3, 0.4) is 0 Å². The summed E-state index contributed by atoms with van der Waals surface area (Å²) in [6.45, 7) is 2.05. The molecule has 0 amide bonds. The van der Waals surface area contributed by atoms with Crippen LogP contribution in [0, 0.1) is 6.92 Å². The van der Waals surface area contributed by atoms with Crippen molar-refractivity contribution in [1.29, 1.82) is 0 Å². The van der Waals surface area contributed by atoms with Crippen molar-refractivity contribution < 1.29 is 5.11 Å². The third-order valence-electron chi connectivity index (χ3n) is 5.69. The van der Waals surface area contributed by atoms with Crippen molar-refractivity contribution in [2.75, 3.05) is 6.26 Å². The molecule has 0 radical (unpaired) electrons. The van der Waals surface area contributed by atoms with Gasteiger partial charge in [0.2, 0.25) is 0 Å². The standard InChI is InChI=1S/C22H25N3O2S/c1-14-9-18-17(11-16(14)10-15-7-8-21(28-2)23-12-15)22(27)25(13-24-18)19-5-3-4-6-20(19)26/h7-9,11-13,19-20,26H,3-6,10H2,1-2H3/t19-,20-/m0/s1. The van der Waals surface area contributed by atoms with E-state index in [-0.39, 0.29) is 11.6 Å². The molecule has 6 heteroatoms. The van der Waals surface area contributed by atoms with Gasteiger partial charge < -0.3 is 5.11 Å². The van der Waals surface area contributed by atoms with Gasteiger partial charge in [-0.3, -0.25) is 9.36 Å². The number of aliphatic hydroxyl groups is 1. The molecule has 2 heterocycles. The van der Waals surface area contributed by atoms with Crippen LogP contribution >= 0.6 is 11.8 Å². The molecule has 146 valence electrons. The van der Waals surface area contributed by atoms with Crippen LogP contribution in [-0.4, -0.2) is 32.0 Å². The molecule has 2 atom stereocenters. The minimum absolute atomic E-state index is 0.0620. The lowest BCUT2D eigenvalue weighted by molar-refractivity contribution is 0.0735. The molecule has 0 unspecified atom stereocenters. The molecule has 5 nitrogen and oxygen atoms in total. The van der Waals surface area contributed by atoms with Crippen LogP contribution in [-0.2, 0) is 6.42 Å². The number of rotatable bonds is 4. The lowest BCUT2D eigenvalue weighted by Gasteiger charge is -2.29. The number of fused-ring (bicyclic) bond motifs is 1. The van der Waals surface area contributed by atoms with Gasteiger partial charge in [-0.1, -0.05) is 18.9 Å². The van der Waals surface area contributed by atoms with E-state index in [1.54, 1.807) is 22.7 Å². The highest BCUT2D eigenvalue weighted by Gasteiger charge is 2.26. The van der Waals surface area contributed by atoms with Gasteiger partial charge in [0.05, 0.1) is 34.4 Å². The molecule has 3 aromatic rings. The van der Waals surface area contributed by atoms with Crippen LogP contribution in [0.25, 0.3) is 10.9 Å². The molecule has 1 aliphatic rings. The second-order valence-corrected chi connectivity index (χ2v) is 8.38. The summed E-state index contributed by atoms with van der Waals surface area (Å²) in [5.74, 6) is 0. The topological polar surface area (TPSA) is 68.0 Å². The molecule has 0 aliphatic heterocycles. The van der Waals surface area contributed by atoms with Gasteiger partial charge in [0, 0.05) is 6.20 Å². The van der Waals surface area contributed by atoms with Gasteiger partial charge in [-0.15, -0.1) is 11.8 Å². The SMILES string of the molecule is CSc1ccc(Cc2cc3c(=O)n([C@H]4CCCC[C@@H]4O)cnc3cc2C)cn1. The zero-order valence-electron chi connectivity index (χ0n) is 16.3. The first-order valence-corrected chi connectivity index (χ1v) is 11.0. The normalized spacial score (nSPS) is 19.8. The second kappa shape index (κ2) is 8.05. The summed E-state index contributed by atoms with van der Waals surface area (Å²) in [5.41, 5.74) is 3.99. The lowest BCUT2D eigenvalue weighted by atomic mass is 9.92. The minimum Gasteiger partial charge on any atom is -0.391 e. The van der Waals surface area contributed by atoms with E-state index in [0.29, 0.717) is 10.9 Å². The molecule has 0 bridgehead atoms. The van der Waals surface area contributed by atoms with E-state index in [9.17, 15) is 9.90 Å². The van der Waals surface area contributed by atoms with Gasteiger partial charge in [0.1, 0.15) is 0 Å². The summed E-state index contributed by atoms with van der Waals surface area (Å²) in [6, 6.07) is 7.88. The summed E-state index contributed by atoms with van der Waals surface area (Å²) >= 11 is 1.62. The van der Waals surface area contributed by atoms with Crippen molar-refractivity contribution in [3.8, 4) is 0 Å². The molecule has 0 spiro atoms. The highest BCUT2D eigenvalue weighted by Crippen LogP contribution is 2.28. The highest BCUT2D eigenvalue weighted by atomic mass is 32.2. The first kappa shape index (κ1) is 19.2. The maximum atomic E-state index is 13.2. The van der Waals surface area contributed by atoms with Crippen molar-refractivity contribution in [1.82, 2.24) is 14.5 Å². The molecule has 0 saturated heterocycles. The number of aromatic nitrogens is 3. The Hall–Kier alpha value is -2.18. The van der Waals surface area contributed by atoms with Gasteiger partial charge in [-0.25, -0.2) is 9.97 Å². The fourth-order valence-corrected chi connectivity index (χ4v) is 4.39. The van der Waals surface area contributed by atoms with Gasteiger partial charge in [-0.2, -0.15) is 0 Å². The predicted octanol–water partition coefficient (Wildman–Crippen LogP) is 3.89. The Kier molecular flexibility index (Phi) is 5.51. The van der Waals surface area contributed by atoms with Crippen LogP contribution < -0.4 is 5.56 Å². The number of aryl methyl sites for hydroxylation is 1. The zero-order chi connectivity index (χ0) is 19.7. The number of benzene rings is 1. The Labute approximate surface area is 168 Å². The van der Waals surface area contributed by atoms with E-state index < -0.39 is 6.10 Å². The largest absolute Gasteiger partial charge is 0.391 e. The summed E-state index contributed by atoms with van der Waals surface area (Å²) in [4.78, 5) is 22.1. The van der Waals surface area contributed by atoms with Crippen molar-refractivity contribution >= 4 is 22.7 Å². The molecule has 2 aromatic heterocycles. The molecule has 1 fully saturated rings. The number of hydrogen-bond donors (Lipinski definition) is 1. The maximum Gasteiger partial charge on any atom is 0.261 e. The Morgan fingerprint density at radius 1 is 1.21 bits per heavy atom. The van der Waals surface area contributed by atoms with Gasteiger partial charge in [-0.05, 0) is 67.3 Å². The van der Waals surface area contributed by atoms with Crippen LogP contribution in [0.2, 0.25) is 0 Å². The summed E-state index contributed by atoms with van der Waals surface area (Å²) in [5, 5.41) is 12.0. The van der Waals surface area contributed by atoms with Gasteiger partial charge in [0.15, 0.2) is 0 Å². The van der Waals surface area contributed by atoms with Gasteiger partial charge in [0.25, 0.3) is 5.56 Å². The van der Waals surface area contributed by atoms with Crippen molar-refractivity contribution in [2.45, 2.75) is 56.2 Å². The molecule has 1 saturated carbocycles. The molecule has 1 aliphatic carbocycles.